The maximum atomic E-state index is 12.5. The predicted octanol–water partition coefficient (Wildman–Crippen LogP) is 3.36. The third-order valence-corrected chi connectivity index (χ3v) is 5.46. The second kappa shape index (κ2) is 6.17. The van der Waals surface area contributed by atoms with Crippen LogP contribution < -0.4 is 4.72 Å². The van der Waals surface area contributed by atoms with E-state index in [4.69, 9.17) is 5.11 Å². The first-order chi connectivity index (χ1) is 9.83. The Hall–Kier alpha value is -1.37. The SMILES string of the molecule is Cc1ccc(C)c(NS(=O)(=O)c2cc(CO)ccc2Br)c1. The van der Waals surface area contributed by atoms with Crippen molar-refractivity contribution in [1.29, 1.82) is 0 Å². The van der Waals surface area contributed by atoms with E-state index in [1.165, 1.54) is 6.07 Å². The van der Waals surface area contributed by atoms with Crippen molar-refractivity contribution in [3.63, 3.8) is 0 Å². The highest BCUT2D eigenvalue weighted by Crippen LogP contribution is 2.27. The molecule has 4 nitrogen and oxygen atoms in total. The highest BCUT2D eigenvalue weighted by Gasteiger charge is 2.19. The fourth-order valence-electron chi connectivity index (χ4n) is 1.90. The Morgan fingerprint density at radius 3 is 2.52 bits per heavy atom. The standard InChI is InChI=1S/C15H16BrNO3S/c1-10-3-4-11(2)14(7-10)17-21(19,20)15-8-12(9-18)5-6-13(15)16/h3-8,17-18H,9H2,1-2H3. The van der Waals surface area contributed by atoms with Crippen molar-refractivity contribution >= 4 is 31.6 Å². The number of rotatable bonds is 4. The van der Waals surface area contributed by atoms with Crippen LogP contribution in [0.2, 0.25) is 0 Å². The van der Waals surface area contributed by atoms with Crippen molar-refractivity contribution in [3.05, 3.63) is 57.6 Å². The number of hydrogen-bond donors (Lipinski definition) is 2. The molecule has 2 aromatic carbocycles. The molecule has 6 heteroatoms. The number of benzene rings is 2. The van der Waals surface area contributed by atoms with Gasteiger partial charge in [-0.05, 0) is 64.7 Å². The van der Waals surface area contributed by atoms with Gasteiger partial charge in [0.25, 0.3) is 10.0 Å². The summed E-state index contributed by atoms with van der Waals surface area (Å²) in [5.41, 5.74) is 2.91. The number of sulfonamides is 1. The summed E-state index contributed by atoms with van der Waals surface area (Å²) >= 11 is 3.24. The van der Waals surface area contributed by atoms with E-state index in [0.717, 1.165) is 11.1 Å². The van der Waals surface area contributed by atoms with Gasteiger partial charge in [0.05, 0.1) is 12.3 Å². The number of anilines is 1. The van der Waals surface area contributed by atoms with E-state index in [2.05, 4.69) is 20.7 Å². The van der Waals surface area contributed by atoms with Gasteiger partial charge in [0.2, 0.25) is 0 Å². The van der Waals surface area contributed by atoms with Crippen molar-refractivity contribution in [2.45, 2.75) is 25.3 Å². The van der Waals surface area contributed by atoms with Gasteiger partial charge in [-0.3, -0.25) is 4.72 Å². The molecule has 0 saturated carbocycles. The third kappa shape index (κ3) is 3.64. The predicted molar refractivity (Wildman–Crippen MR) is 86.8 cm³/mol. The van der Waals surface area contributed by atoms with Gasteiger partial charge in [0.1, 0.15) is 4.90 Å². The van der Waals surface area contributed by atoms with Crippen LogP contribution in [0.1, 0.15) is 16.7 Å². The van der Waals surface area contributed by atoms with Gasteiger partial charge in [0, 0.05) is 4.47 Å². The molecule has 21 heavy (non-hydrogen) atoms. The minimum absolute atomic E-state index is 0.106. The highest BCUT2D eigenvalue weighted by molar-refractivity contribution is 9.10. The Labute approximate surface area is 133 Å². The lowest BCUT2D eigenvalue weighted by Crippen LogP contribution is -2.15. The van der Waals surface area contributed by atoms with E-state index in [1.54, 1.807) is 18.2 Å². The number of hydrogen-bond acceptors (Lipinski definition) is 3. The van der Waals surface area contributed by atoms with Gasteiger partial charge in [-0.2, -0.15) is 0 Å². The average molecular weight is 370 g/mol. The zero-order chi connectivity index (χ0) is 15.6. The fraction of sp³-hybridized carbons (Fsp3) is 0.200. The number of aliphatic hydroxyl groups is 1. The van der Waals surface area contributed by atoms with Crippen LogP contribution in [0.15, 0.2) is 45.8 Å². The molecule has 0 aliphatic rings. The number of aliphatic hydroxyl groups excluding tert-OH is 1. The molecule has 0 spiro atoms. The lowest BCUT2D eigenvalue weighted by molar-refractivity contribution is 0.281. The van der Waals surface area contributed by atoms with Crippen molar-refractivity contribution < 1.29 is 13.5 Å². The van der Waals surface area contributed by atoms with Gasteiger partial charge in [-0.1, -0.05) is 18.2 Å². The number of aryl methyl sites for hydroxylation is 2. The highest BCUT2D eigenvalue weighted by atomic mass is 79.9. The van der Waals surface area contributed by atoms with Gasteiger partial charge in [-0.15, -0.1) is 0 Å². The lowest BCUT2D eigenvalue weighted by Gasteiger charge is -2.13. The minimum Gasteiger partial charge on any atom is -0.392 e. The van der Waals surface area contributed by atoms with Crippen molar-refractivity contribution in [2.24, 2.45) is 0 Å². The second-order valence-corrected chi connectivity index (χ2v) is 7.35. The van der Waals surface area contributed by atoms with Crippen molar-refractivity contribution in [1.82, 2.24) is 0 Å². The normalized spacial score (nSPS) is 11.4. The maximum absolute atomic E-state index is 12.5. The lowest BCUT2D eigenvalue weighted by atomic mass is 10.1. The first kappa shape index (κ1) is 16.0. The summed E-state index contributed by atoms with van der Waals surface area (Å²) in [5.74, 6) is 0. The largest absolute Gasteiger partial charge is 0.392 e. The Balaban J connectivity index is 2.45. The molecule has 0 unspecified atom stereocenters. The molecule has 0 fully saturated rings. The minimum atomic E-state index is -3.72. The van der Waals surface area contributed by atoms with E-state index < -0.39 is 10.0 Å². The summed E-state index contributed by atoms with van der Waals surface area (Å²) in [6, 6.07) is 10.3. The fourth-order valence-corrected chi connectivity index (χ4v) is 4.03. The van der Waals surface area contributed by atoms with E-state index >= 15 is 0 Å². The molecule has 0 amide bonds. The molecule has 0 heterocycles. The summed E-state index contributed by atoms with van der Waals surface area (Å²) < 4.78 is 28.1. The van der Waals surface area contributed by atoms with Crippen LogP contribution in [0.4, 0.5) is 5.69 Å². The summed E-state index contributed by atoms with van der Waals surface area (Å²) in [5, 5.41) is 9.16. The Morgan fingerprint density at radius 2 is 1.86 bits per heavy atom. The van der Waals surface area contributed by atoms with Crippen LogP contribution in [0.5, 0.6) is 0 Å². The van der Waals surface area contributed by atoms with Crippen LogP contribution in [0, 0.1) is 13.8 Å². The van der Waals surface area contributed by atoms with Crippen molar-refractivity contribution in [2.75, 3.05) is 4.72 Å². The van der Waals surface area contributed by atoms with Gasteiger partial charge in [-0.25, -0.2) is 8.42 Å². The quantitative estimate of drug-likeness (QED) is 0.867. The molecule has 0 aliphatic carbocycles. The van der Waals surface area contributed by atoms with Crippen LogP contribution in [0.25, 0.3) is 0 Å². The summed E-state index contributed by atoms with van der Waals surface area (Å²) in [6.07, 6.45) is 0. The molecule has 0 bridgehead atoms. The molecule has 0 saturated heterocycles. The van der Waals surface area contributed by atoms with E-state index in [-0.39, 0.29) is 11.5 Å². The zero-order valence-corrected chi connectivity index (χ0v) is 14.1. The Kier molecular flexibility index (Phi) is 4.70. The maximum Gasteiger partial charge on any atom is 0.263 e. The molecule has 2 N–H and O–H groups in total. The van der Waals surface area contributed by atoms with Gasteiger partial charge >= 0.3 is 0 Å². The van der Waals surface area contributed by atoms with Crippen LogP contribution in [-0.2, 0) is 16.6 Å². The van der Waals surface area contributed by atoms with E-state index in [9.17, 15) is 8.42 Å². The van der Waals surface area contributed by atoms with Gasteiger partial charge < -0.3 is 5.11 Å². The summed E-state index contributed by atoms with van der Waals surface area (Å²) in [6.45, 7) is 3.54. The molecule has 0 aromatic heterocycles. The third-order valence-electron chi connectivity index (χ3n) is 3.11. The van der Waals surface area contributed by atoms with Gasteiger partial charge in [0.15, 0.2) is 0 Å². The number of nitrogens with one attached hydrogen (secondary N) is 1. The van der Waals surface area contributed by atoms with Crippen molar-refractivity contribution in [3.8, 4) is 0 Å². The van der Waals surface area contributed by atoms with E-state index in [0.29, 0.717) is 15.7 Å². The summed E-state index contributed by atoms with van der Waals surface area (Å²) in [7, 11) is -3.72. The molecular formula is C15H16BrNO3S. The smallest absolute Gasteiger partial charge is 0.263 e. The van der Waals surface area contributed by atoms with E-state index in [1.807, 2.05) is 26.0 Å². The van der Waals surface area contributed by atoms with Crippen LogP contribution in [-0.4, -0.2) is 13.5 Å². The monoisotopic (exact) mass is 369 g/mol. The molecule has 0 aliphatic heterocycles. The zero-order valence-electron chi connectivity index (χ0n) is 11.7. The molecular weight excluding hydrogens is 354 g/mol. The topological polar surface area (TPSA) is 66.4 Å². The molecule has 2 rings (SSSR count). The molecule has 112 valence electrons. The summed E-state index contributed by atoms with van der Waals surface area (Å²) in [4.78, 5) is 0.106. The molecule has 0 radical (unpaired) electrons. The van der Waals surface area contributed by atoms with Crippen LogP contribution >= 0.6 is 15.9 Å². The Morgan fingerprint density at radius 1 is 1.14 bits per heavy atom. The molecule has 0 atom stereocenters. The van der Waals surface area contributed by atoms with Crippen LogP contribution in [0.3, 0.4) is 0 Å². The Bertz CT molecular complexity index is 772. The molecule has 2 aromatic rings. The first-order valence-electron chi connectivity index (χ1n) is 6.33. The number of halogens is 1. The second-order valence-electron chi connectivity index (χ2n) is 4.85. The first-order valence-corrected chi connectivity index (χ1v) is 8.60. The average Bonchev–Trinajstić information content (AvgIpc) is 2.43.